The highest BCUT2D eigenvalue weighted by Gasteiger charge is 2.24. The number of aromatic nitrogens is 8. The van der Waals surface area contributed by atoms with E-state index in [9.17, 15) is 24.4 Å². The number of nitriles is 2. The molecule has 250 valence electrons. The summed E-state index contributed by atoms with van der Waals surface area (Å²) in [6.45, 7) is 5.36. The molecule has 0 spiro atoms. The molecule has 0 aliphatic carbocycles. The number of aryl methyl sites for hydroxylation is 2. The lowest BCUT2D eigenvalue weighted by atomic mass is 10.1. The highest BCUT2D eigenvalue weighted by Crippen LogP contribution is 2.31. The van der Waals surface area contributed by atoms with Crippen molar-refractivity contribution in [1.82, 2.24) is 39.1 Å². The molecule has 1 N–H and O–H groups in total. The van der Waals surface area contributed by atoms with Crippen LogP contribution in [0.3, 0.4) is 0 Å². The van der Waals surface area contributed by atoms with Crippen LogP contribution in [0.15, 0.2) is 70.1 Å². The Labute approximate surface area is 323 Å². The van der Waals surface area contributed by atoms with E-state index >= 15 is 0 Å². The predicted molar refractivity (Wildman–Crippen MR) is 200 cm³/mol. The Hall–Kier alpha value is -3.50. The van der Waals surface area contributed by atoms with E-state index < -0.39 is 6.10 Å². The third kappa shape index (κ3) is 7.96. The van der Waals surface area contributed by atoms with Gasteiger partial charge in [0.05, 0.1) is 35.2 Å². The first-order valence-electron chi connectivity index (χ1n) is 14.5. The predicted octanol–water partition coefficient (Wildman–Crippen LogP) is 7.61. The number of aliphatic hydroxyl groups excluding tert-OH is 1. The molecule has 0 amide bonds. The molecule has 0 bridgehead atoms. The van der Waals surface area contributed by atoms with Crippen molar-refractivity contribution in [3.63, 3.8) is 0 Å². The summed E-state index contributed by atoms with van der Waals surface area (Å²) in [6.07, 6.45) is 2.87. The van der Waals surface area contributed by atoms with Gasteiger partial charge in [0.25, 0.3) is 0 Å². The van der Waals surface area contributed by atoms with Crippen molar-refractivity contribution >= 4 is 77.0 Å². The van der Waals surface area contributed by atoms with Crippen LogP contribution in [0.4, 0.5) is 8.78 Å². The Morgan fingerprint density at radius 2 is 1.33 bits per heavy atom. The summed E-state index contributed by atoms with van der Waals surface area (Å²) in [5.74, 6) is -0.667. The minimum atomic E-state index is -1.05. The van der Waals surface area contributed by atoms with Gasteiger partial charge in [-0.05, 0) is 133 Å². The van der Waals surface area contributed by atoms with Crippen LogP contribution in [0.2, 0.25) is 0 Å². The molecular formula is C32H24Br2F2I2N10O. The van der Waals surface area contributed by atoms with E-state index in [4.69, 9.17) is 0 Å². The van der Waals surface area contributed by atoms with Crippen LogP contribution in [0, 0.1) is 41.4 Å². The highest BCUT2D eigenvalue weighted by molar-refractivity contribution is 14.1. The molecule has 1 atom stereocenters. The monoisotopic (exact) mass is 1010 g/mol. The van der Waals surface area contributed by atoms with E-state index in [0.29, 0.717) is 43.8 Å². The summed E-state index contributed by atoms with van der Waals surface area (Å²) >= 11 is 11.0. The normalized spacial score (nSPS) is 11.5. The Kier molecular flexibility index (Phi) is 12.0. The molecule has 17 heteroatoms. The maximum Gasteiger partial charge on any atom is 0.163 e. The van der Waals surface area contributed by atoms with Crippen LogP contribution >= 0.6 is 77.0 Å². The van der Waals surface area contributed by atoms with E-state index in [-0.39, 0.29) is 17.3 Å². The molecule has 6 rings (SSSR count). The lowest BCUT2D eigenvalue weighted by molar-refractivity contribution is 0.211. The molecule has 6 aromatic rings. The molecule has 4 heterocycles. The van der Waals surface area contributed by atoms with Crippen LogP contribution in [0.1, 0.15) is 53.9 Å². The van der Waals surface area contributed by atoms with Crippen LogP contribution in [0.25, 0.3) is 11.4 Å². The van der Waals surface area contributed by atoms with Gasteiger partial charge in [-0.2, -0.15) is 30.9 Å². The van der Waals surface area contributed by atoms with Crippen molar-refractivity contribution < 1.29 is 13.9 Å². The van der Waals surface area contributed by atoms with Gasteiger partial charge in [0.1, 0.15) is 39.1 Å². The maximum atomic E-state index is 13.4. The van der Waals surface area contributed by atoms with E-state index in [1.54, 1.807) is 40.0 Å². The Morgan fingerprint density at radius 1 is 0.796 bits per heavy atom. The van der Waals surface area contributed by atoms with Crippen molar-refractivity contribution in [2.24, 2.45) is 0 Å². The lowest BCUT2D eigenvalue weighted by Gasteiger charge is -2.14. The van der Waals surface area contributed by atoms with Gasteiger partial charge in [0, 0.05) is 43.8 Å². The summed E-state index contributed by atoms with van der Waals surface area (Å²) < 4.78 is 36.4. The summed E-state index contributed by atoms with van der Waals surface area (Å²) in [7, 11) is 0. The van der Waals surface area contributed by atoms with Crippen molar-refractivity contribution in [1.29, 1.82) is 10.5 Å². The maximum absolute atomic E-state index is 13.4. The second kappa shape index (κ2) is 16.0. The molecule has 2 aromatic carbocycles. The third-order valence-electron chi connectivity index (χ3n) is 7.22. The van der Waals surface area contributed by atoms with Crippen molar-refractivity contribution in [2.45, 2.75) is 39.5 Å². The summed E-state index contributed by atoms with van der Waals surface area (Å²) in [5, 5.41) is 46.3. The SMILES string of the molecule is CCn1ncc(C(O)c2cc(C#N)nn2-c2ccc(F)cc2I)c1Br.CCn1ncc(Cc2cc(C#N)nn2-c2ccc(F)cc2I)c1Br. The quantitative estimate of drug-likeness (QED) is 0.155. The van der Waals surface area contributed by atoms with Crippen LogP contribution in [-0.2, 0) is 19.5 Å². The average Bonchev–Trinajstić information content (AvgIpc) is 3.87. The fourth-order valence-electron chi connectivity index (χ4n) is 4.84. The van der Waals surface area contributed by atoms with Crippen LogP contribution < -0.4 is 0 Å². The van der Waals surface area contributed by atoms with Gasteiger partial charge < -0.3 is 5.11 Å². The van der Waals surface area contributed by atoms with Crippen LogP contribution in [0.5, 0.6) is 0 Å². The number of halogens is 6. The fourth-order valence-corrected chi connectivity index (χ4v) is 7.50. The fraction of sp³-hybridized carbons (Fsp3) is 0.188. The molecular weight excluding hydrogens is 992 g/mol. The Morgan fingerprint density at radius 3 is 1.86 bits per heavy atom. The second-order valence-corrected chi connectivity index (χ2v) is 14.1. The molecule has 49 heavy (non-hydrogen) atoms. The molecule has 1 unspecified atom stereocenters. The molecule has 0 fully saturated rings. The molecule has 0 saturated heterocycles. The minimum Gasteiger partial charge on any atom is -0.382 e. The van der Waals surface area contributed by atoms with Gasteiger partial charge in [0.15, 0.2) is 11.4 Å². The highest BCUT2D eigenvalue weighted by atomic mass is 127. The number of benzene rings is 2. The third-order valence-corrected chi connectivity index (χ3v) is 10.7. The largest absolute Gasteiger partial charge is 0.382 e. The zero-order chi connectivity index (χ0) is 35.4. The minimum absolute atomic E-state index is 0.160. The first kappa shape index (κ1) is 36.8. The summed E-state index contributed by atoms with van der Waals surface area (Å²) in [4.78, 5) is 0. The molecule has 11 nitrogen and oxygen atoms in total. The molecule has 4 aromatic heterocycles. The molecule has 0 aliphatic heterocycles. The van der Waals surface area contributed by atoms with Crippen molar-refractivity contribution in [2.75, 3.05) is 0 Å². The van der Waals surface area contributed by atoms with Gasteiger partial charge in [-0.25, -0.2) is 18.1 Å². The Bertz CT molecular complexity index is 2230. The summed E-state index contributed by atoms with van der Waals surface area (Å²) in [6, 6.07) is 16.0. The first-order valence-corrected chi connectivity index (χ1v) is 18.2. The van der Waals surface area contributed by atoms with Crippen molar-refractivity contribution in [3.05, 3.63) is 123 Å². The standard InChI is InChI=1S/C16H12BrFIN5O.C16H12BrFIN5/c1-2-23-16(17)11(8-21-23)15(25)14-6-10(7-20)22-24(14)13-4-3-9(18)5-12(13)19;1-2-23-16(17)10(9-21-23)5-13-7-12(8-20)22-24(13)15-4-3-11(18)6-14(15)19/h3-6,8,15,25H,2H2,1H3;3-4,6-7,9H,2,5H2,1H3. The zero-order valence-corrected chi connectivity index (χ0v) is 33.1. The number of rotatable bonds is 8. The summed E-state index contributed by atoms with van der Waals surface area (Å²) in [5.41, 5.74) is 4.61. The number of hydrogen-bond donors (Lipinski definition) is 1. The van der Waals surface area contributed by atoms with E-state index in [0.717, 1.165) is 31.7 Å². The number of aliphatic hydroxyl groups is 1. The van der Waals surface area contributed by atoms with Crippen LogP contribution in [-0.4, -0.2) is 44.2 Å². The molecule has 0 radical (unpaired) electrons. The number of hydrogen-bond acceptors (Lipinski definition) is 7. The second-order valence-electron chi connectivity index (χ2n) is 10.3. The average molecular weight is 1020 g/mol. The van der Waals surface area contributed by atoms with Gasteiger partial charge >= 0.3 is 0 Å². The van der Waals surface area contributed by atoms with Gasteiger partial charge in [-0.3, -0.25) is 9.36 Å². The van der Waals surface area contributed by atoms with E-state index in [1.165, 1.54) is 35.0 Å². The molecule has 0 saturated carbocycles. The van der Waals surface area contributed by atoms with Crippen molar-refractivity contribution in [3.8, 4) is 23.5 Å². The molecule has 0 aliphatic rings. The number of nitrogens with zero attached hydrogens (tertiary/aromatic N) is 10. The van der Waals surface area contributed by atoms with Gasteiger partial charge in [0.2, 0.25) is 0 Å². The van der Waals surface area contributed by atoms with E-state index in [2.05, 4.69) is 80.9 Å². The Balaban J connectivity index is 0.000000191. The van der Waals surface area contributed by atoms with E-state index in [1.807, 2.05) is 47.2 Å². The first-order chi connectivity index (χ1) is 23.5. The smallest absolute Gasteiger partial charge is 0.163 e. The topological polar surface area (TPSA) is 139 Å². The van der Waals surface area contributed by atoms with Gasteiger partial charge in [-0.1, -0.05) is 0 Å². The lowest BCUT2D eigenvalue weighted by Crippen LogP contribution is -2.10. The van der Waals surface area contributed by atoms with Gasteiger partial charge in [-0.15, -0.1) is 0 Å². The zero-order valence-electron chi connectivity index (χ0n) is 25.7.